The molecule has 0 amide bonds. The van der Waals surface area contributed by atoms with Gasteiger partial charge in [-0.3, -0.25) is 9.69 Å². The molecule has 1 N–H and O–H groups in total. The minimum absolute atomic E-state index is 0. The lowest BCUT2D eigenvalue weighted by Gasteiger charge is -2.18. The van der Waals surface area contributed by atoms with Crippen LogP contribution in [0, 0.1) is 5.92 Å². The molecule has 1 aromatic rings. The number of carbonyl (C=O) groups is 1. The molecule has 19 heavy (non-hydrogen) atoms. The second-order valence-electron chi connectivity index (χ2n) is 5.17. The number of likely N-dealkylation sites (tertiary alicyclic amines) is 1. The third-order valence-electron chi connectivity index (χ3n) is 3.09. The predicted octanol–water partition coefficient (Wildman–Crippen LogP) is 1.74. The van der Waals surface area contributed by atoms with Gasteiger partial charge >= 0.3 is 5.97 Å². The van der Waals surface area contributed by atoms with Gasteiger partial charge < -0.3 is 9.63 Å². The zero-order valence-corrected chi connectivity index (χ0v) is 12.0. The molecule has 0 spiro atoms. The molecule has 1 saturated heterocycles. The normalized spacial score (nSPS) is 19.6. The van der Waals surface area contributed by atoms with Crippen molar-refractivity contribution < 1.29 is 14.4 Å². The highest BCUT2D eigenvalue weighted by atomic mass is 35.5. The Labute approximate surface area is 118 Å². The van der Waals surface area contributed by atoms with Crippen LogP contribution in [0.25, 0.3) is 0 Å². The zero-order chi connectivity index (χ0) is 13.1. The van der Waals surface area contributed by atoms with Crippen LogP contribution in [0.1, 0.15) is 38.4 Å². The molecule has 1 unspecified atom stereocenters. The maximum Gasteiger partial charge on any atom is 0.320 e. The molecule has 0 saturated carbocycles. The largest absolute Gasteiger partial charge is 0.480 e. The van der Waals surface area contributed by atoms with E-state index in [-0.39, 0.29) is 12.4 Å². The minimum Gasteiger partial charge on any atom is -0.480 e. The highest BCUT2D eigenvalue weighted by molar-refractivity contribution is 5.85. The van der Waals surface area contributed by atoms with Gasteiger partial charge in [-0.15, -0.1) is 12.4 Å². The number of carboxylic acid groups (broad SMARTS) is 1. The van der Waals surface area contributed by atoms with Crippen LogP contribution in [0.5, 0.6) is 0 Å². The molecule has 108 valence electrons. The molecule has 0 aliphatic carbocycles. The highest BCUT2D eigenvalue weighted by Gasteiger charge is 2.31. The van der Waals surface area contributed by atoms with Crippen molar-refractivity contribution in [1.82, 2.24) is 15.0 Å². The monoisotopic (exact) mass is 289 g/mol. The summed E-state index contributed by atoms with van der Waals surface area (Å²) in [4.78, 5) is 17.2. The quantitative estimate of drug-likeness (QED) is 0.889. The first-order valence-corrected chi connectivity index (χ1v) is 6.34. The van der Waals surface area contributed by atoms with Gasteiger partial charge in [0.1, 0.15) is 6.04 Å². The molecular formula is C12H20ClN3O3. The Balaban J connectivity index is 0.00000180. The summed E-state index contributed by atoms with van der Waals surface area (Å²) in [5, 5.41) is 13.0. The van der Waals surface area contributed by atoms with E-state index < -0.39 is 12.0 Å². The summed E-state index contributed by atoms with van der Waals surface area (Å²) >= 11 is 0. The van der Waals surface area contributed by atoms with Crippen LogP contribution < -0.4 is 0 Å². The lowest BCUT2D eigenvalue weighted by molar-refractivity contribution is -0.142. The van der Waals surface area contributed by atoms with E-state index >= 15 is 0 Å². The molecule has 1 fully saturated rings. The van der Waals surface area contributed by atoms with Crippen LogP contribution in [0.15, 0.2) is 4.52 Å². The number of halogens is 1. The van der Waals surface area contributed by atoms with Crippen molar-refractivity contribution in [1.29, 1.82) is 0 Å². The number of aliphatic carboxylic acids is 1. The Hall–Kier alpha value is -1.14. The van der Waals surface area contributed by atoms with Crippen LogP contribution >= 0.6 is 12.4 Å². The summed E-state index contributed by atoms with van der Waals surface area (Å²) in [5.41, 5.74) is 0. The molecule has 0 radical (unpaired) electrons. The van der Waals surface area contributed by atoms with Crippen molar-refractivity contribution in [2.45, 2.75) is 45.7 Å². The highest BCUT2D eigenvalue weighted by Crippen LogP contribution is 2.19. The summed E-state index contributed by atoms with van der Waals surface area (Å²) in [7, 11) is 0. The third kappa shape index (κ3) is 4.18. The molecule has 1 atom stereocenters. The van der Waals surface area contributed by atoms with Gasteiger partial charge in [-0.1, -0.05) is 19.0 Å². The number of aromatic nitrogens is 2. The van der Waals surface area contributed by atoms with Crippen LogP contribution in [-0.2, 0) is 17.8 Å². The van der Waals surface area contributed by atoms with E-state index in [1.807, 2.05) is 4.90 Å². The lowest BCUT2D eigenvalue weighted by atomic mass is 10.1. The fourth-order valence-electron chi connectivity index (χ4n) is 2.27. The molecule has 2 heterocycles. The Morgan fingerprint density at radius 2 is 2.32 bits per heavy atom. The molecule has 1 aromatic heterocycles. The van der Waals surface area contributed by atoms with Crippen molar-refractivity contribution in [2.24, 2.45) is 5.92 Å². The molecule has 0 bridgehead atoms. The summed E-state index contributed by atoms with van der Waals surface area (Å²) in [6, 6.07) is -0.412. The molecule has 6 nitrogen and oxygen atoms in total. The fraction of sp³-hybridized carbons (Fsp3) is 0.750. The van der Waals surface area contributed by atoms with Gasteiger partial charge in [-0.05, 0) is 25.3 Å². The Bertz CT molecular complexity index is 422. The van der Waals surface area contributed by atoms with Crippen LogP contribution in [0.4, 0.5) is 0 Å². The van der Waals surface area contributed by atoms with E-state index in [1.54, 1.807) is 0 Å². The lowest BCUT2D eigenvalue weighted by Crippen LogP contribution is -2.35. The Morgan fingerprint density at radius 1 is 1.58 bits per heavy atom. The van der Waals surface area contributed by atoms with Crippen molar-refractivity contribution >= 4 is 18.4 Å². The van der Waals surface area contributed by atoms with Gasteiger partial charge in [0, 0.05) is 6.42 Å². The molecule has 0 aromatic carbocycles. The number of hydrogen-bond donors (Lipinski definition) is 1. The van der Waals surface area contributed by atoms with Gasteiger partial charge in [0.25, 0.3) is 0 Å². The van der Waals surface area contributed by atoms with Crippen LogP contribution in [0.2, 0.25) is 0 Å². The first-order valence-electron chi connectivity index (χ1n) is 6.34. The van der Waals surface area contributed by atoms with E-state index in [9.17, 15) is 4.79 Å². The van der Waals surface area contributed by atoms with Crippen LogP contribution in [0.3, 0.4) is 0 Å². The van der Waals surface area contributed by atoms with E-state index in [1.165, 1.54) is 0 Å². The average molecular weight is 290 g/mol. The fourth-order valence-corrected chi connectivity index (χ4v) is 2.27. The smallest absolute Gasteiger partial charge is 0.320 e. The summed E-state index contributed by atoms with van der Waals surface area (Å²) in [5.74, 6) is 0.924. The van der Waals surface area contributed by atoms with Gasteiger partial charge in [0.15, 0.2) is 5.82 Å². The standard InChI is InChI=1S/C12H19N3O3.ClH/c1-8(2)6-10-13-11(18-14-10)7-15-5-3-4-9(15)12(16)17;/h8-9H,3-7H2,1-2H3,(H,16,17);1H. The van der Waals surface area contributed by atoms with Gasteiger partial charge in [-0.2, -0.15) is 4.98 Å². The SMILES string of the molecule is CC(C)Cc1noc(CN2CCCC2C(=O)O)n1.Cl. The van der Waals surface area contributed by atoms with E-state index in [4.69, 9.17) is 9.63 Å². The third-order valence-corrected chi connectivity index (χ3v) is 3.09. The first-order chi connectivity index (χ1) is 8.56. The molecule has 1 aliphatic heterocycles. The van der Waals surface area contributed by atoms with E-state index in [0.717, 1.165) is 19.4 Å². The second-order valence-corrected chi connectivity index (χ2v) is 5.17. The van der Waals surface area contributed by atoms with Crippen molar-refractivity contribution in [3.63, 3.8) is 0 Å². The first kappa shape index (κ1) is 15.9. The predicted molar refractivity (Wildman–Crippen MR) is 71.2 cm³/mol. The van der Waals surface area contributed by atoms with E-state index in [0.29, 0.717) is 30.6 Å². The Morgan fingerprint density at radius 3 is 2.95 bits per heavy atom. The summed E-state index contributed by atoms with van der Waals surface area (Å²) < 4.78 is 5.16. The van der Waals surface area contributed by atoms with Crippen molar-refractivity contribution in [3.05, 3.63) is 11.7 Å². The van der Waals surface area contributed by atoms with E-state index in [2.05, 4.69) is 24.0 Å². The summed E-state index contributed by atoms with van der Waals surface area (Å²) in [6.07, 6.45) is 2.39. The maximum atomic E-state index is 11.0. The zero-order valence-electron chi connectivity index (χ0n) is 11.2. The number of hydrogen-bond acceptors (Lipinski definition) is 5. The Kier molecular flexibility index (Phi) is 5.75. The van der Waals surface area contributed by atoms with Gasteiger partial charge in [0.05, 0.1) is 6.54 Å². The van der Waals surface area contributed by atoms with Crippen LogP contribution in [-0.4, -0.2) is 38.7 Å². The second kappa shape index (κ2) is 6.86. The molecular weight excluding hydrogens is 270 g/mol. The number of nitrogens with zero attached hydrogens (tertiary/aromatic N) is 3. The molecule has 1 aliphatic rings. The average Bonchev–Trinajstić information content (AvgIpc) is 2.87. The molecule has 7 heteroatoms. The van der Waals surface area contributed by atoms with Gasteiger partial charge in [-0.25, -0.2) is 0 Å². The molecule has 2 rings (SSSR count). The van der Waals surface area contributed by atoms with Crippen molar-refractivity contribution in [2.75, 3.05) is 6.54 Å². The topological polar surface area (TPSA) is 79.5 Å². The summed E-state index contributed by atoms with van der Waals surface area (Å²) in [6.45, 7) is 5.40. The maximum absolute atomic E-state index is 11.0. The number of rotatable bonds is 5. The van der Waals surface area contributed by atoms with Gasteiger partial charge in [0.2, 0.25) is 5.89 Å². The minimum atomic E-state index is -0.769. The number of carboxylic acids is 1. The van der Waals surface area contributed by atoms with Crippen molar-refractivity contribution in [3.8, 4) is 0 Å².